The van der Waals surface area contributed by atoms with E-state index in [-0.39, 0.29) is 5.91 Å². The average Bonchev–Trinajstić information content (AvgIpc) is 2.95. The zero-order valence-corrected chi connectivity index (χ0v) is 14.1. The van der Waals surface area contributed by atoms with E-state index >= 15 is 0 Å². The topological polar surface area (TPSA) is 51.0 Å². The molecular weight excluding hydrogens is 300 g/mol. The highest BCUT2D eigenvalue weighted by Crippen LogP contribution is 2.22. The van der Waals surface area contributed by atoms with Crippen molar-refractivity contribution < 1.29 is 4.79 Å². The van der Waals surface area contributed by atoms with Gasteiger partial charge in [0.1, 0.15) is 5.69 Å². The molecule has 0 aliphatic rings. The maximum absolute atomic E-state index is 12.2. The lowest BCUT2D eigenvalue weighted by atomic mass is 10.1. The fourth-order valence-electron chi connectivity index (χ4n) is 2.59. The number of pyridine rings is 1. The van der Waals surface area contributed by atoms with Crippen molar-refractivity contribution in [1.29, 1.82) is 0 Å². The molecule has 0 saturated heterocycles. The number of aromatic nitrogens is 3. The molecule has 5 nitrogen and oxygen atoms in total. The summed E-state index contributed by atoms with van der Waals surface area (Å²) in [4.78, 5) is 17.9. The molecule has 0 spiro atoms. The minimum Gasteiger partial charge on any atom is -0.343 e. The van der Waals surface area contributed by atoms with Gasteiger partial charge < -0.3 is 4.90 Å². The van der Waals surface area contributed by atoms with E-state index in [0.717, 1.165) is 17.0 Å². The first-order valence-electron chi connectivity index (χ1n) is 7.81. The molecule has 0 aliphatic carbocycles. The van der Waals surface area contributed by atoms with Gasteiger partial charge in [0, 0.05) is 25.9 Å². The first kappa shape index (κ1) is 15.9. The van der Waals surface area contributed by atoms with E-state index in [9.17, 15) is 4.79 Å². The van der Waals surface area contributed by atoms with Gasteiger partial charge in [-0.1, -0.05) is 30.3 Å². The van der Waals surface area contributed by atoms with Crippen LogP contribution in [0.15, 0.2) is 54.7 Å². The van der Waals surface area contributed by atoms with Crippen LogP contribution in [0.3, 0.4) is 0 Å². The van der Waals surface area contributed by atoms with Crippen molar-refractivity contribution in [1.82, 2.24) is 19.7 Å². The monoisotopic (exact) mass is 320 g/mol. The number of aryl methyl sites for hydroxylation is 1. The number of carbonyl (C=O) groups is 1. The van der Waals surface area contributed by atoms with Gasteiger partial charge in [0.2, 0.25) is 0 Å². The standard InChI is InChI=1S/C19H20N4O/c1-14-11-18(23(21-14)13-15-7-5-4-6-8-15)16-9-10-20-17(12-16)19(24)22(2)3/h4-12H,13H2,1-3H3. The van der Waals surface area contributed by atoms with Crippen LogP contribution < -0.4 is 0 Å². The van der Waals surface area contributed by atoms with E-state index in [1.54, 1.807) is 20.3 Å². The minimum absolute atomic E-state index is 0.109. The average molecular weight is 320 g/mol. The molecule has 1 amide bonds. The van der Waals surface area contributed by atoms with E-state index in [2.05, 4.69) is 22.2 Å². The van der Waals surface area contributed by atoms with E-state index < -0.39 is 0 Å². The predicted octanol–water partition coefficient (Wildman–Crippen LogP) is 3.00. The van der Waals surface area contributed by atoms with Crippen LogP contribution >= 0.6 is 0 Å². The molecule has 122 valence electrons. The smallest absolute Gasteiger partial charge is 0.271 e. The fourth-order valence-corrected chi connectivity index (χ4v) is 2.59. The van der Waals surface area contributed by atoms with Crippen molar-refractivity contribution in [3.05, 3.63) is 71.7 Å². The Kier molecular flexibility index (Phi) is 4.42. The van der Waals surface area contributed by atoms with Crippen molar-refractivity contribution in [2.24, 2.45) is 0 Å². The summed E-state index contributed by atoms with van der Waals surface area (Å²) in [5, 5.41) is 4.59. The third-order valence-corrected chi connectivity index (χ3v) is 3.76. The maximum atomic E-state index is 12.2. The summed E-state index contributed by atoms with van der Waals surface area (Å²) in [6.45, 7) is 2.65. The number of rotatable bonds is 4. The van der Waals surface area contributed by atoms with Crippen LogP contribution in [0, 0.1) is 6.92 Å². The largest absolute Gasteiger partial charge is 0.343 e. The Hall–Kier alpha value is -2.95. The first-order valence-corrected chi connectivity index (χ1v) is 7.81. The van der Waals surface area contributed by atoms with Gasteiger partial charge in [-0.3, -0.25) is 14.5 Å². The highest BCUT2D eigenvalue weighted by Gasteiger charge is 2.14. The molecule has 1 aromatic carbocycles. The van der Waals surface area contributed by atoms with Gasteiger partial charge in [0.05, 0.1) is 17.9 Å². The molecule has 0 fully saturated rings. The van der Waals surface area contributed by atoms with Gasteiger partial charge in [-0.05, 0) is 30.7 Å². The van der Waals surface area contributed by atoms with Crippen molar-refractivity contribution in [2.75, 3.05) is 14.1 Å². The fraction of sp³-hybridized carbons (Fsp3) is 0.211. The van der Waals surface area contributed by atoms with Gasteiger partial charge in [0.25, 0.3) is 5.91 Å². The highest BCUT2D eigenvalue weighted by molar-refractivity contribution is 5.93. The van der Waals surface area contributed by atoms with Crippen LogP contribution in [0.25, 0.3) is 11.3 Å². The van der Waals surface area contributed by atoms with Crippen LogP contribution in [-0.2, 0) is 6.54 Å². The summed E-state index contributed by atoms with van der Waals surface area (Å²) in [7, 11) is 3.45. The molecule has 2 aromatic heterocycles. The number of hydrogen-bond donors (Lipinski definition) is 0. The molecule has 3 aromatic rings. The van der Waals surface area contributed by atoms with Crippen LogP contribution in [0.5, 0.6) is 0 Å². The Morgan fingerprint density at radius 3 is 2.58 bits per heavy atom. The number of nitrogens with zero attached hydrogens (tertiary/aromatic N) is 4. The minimum atomic E-state index is -0.109. The van der Waals surface area contributed by atoms with Gasteiger partial charge in [-0.2, -0.15) is 5.10 Å². The lowest BCUT2D eigenvalue weighted by molar-refractivity contribution is 0.0822. The molecule has 0 aliphatic heterocycles. The highest BCUT2D eigenvalue weighted by atomic mass is 16.2. The van der Waals surface area contributed by atoms with E-state index in [4.69, 9.17) is 0 Å². The Morgan fingerprint density at radius 2 is 1.88 bits per heavy atom. The third kappa shape index (κ3) is 3.35. The summed E-state index contributed by atoms with van der Waals surface area (Å²) in [6.07, 6.45) is 1.67. The van der Waals surface area contributed by atoms with Gasteiger partial charge in [-0.25, -0.2) is 0 Å². The number of carbonyl (C=O) groups excluding carboxylic acids is 1. The molecule has 2 heterocycles. The molecule has 0 radical (unpaired) electrons. The maximum Gasteiger partial charge on any atom is 0.271 e. The Labute approximate surface area is 141 Å². The number of hydrogen-bond acceptors (Lipinski definition) is 3. The lowest BCUT2D eigenvalue weighted by Gasteiger charge is -2.11. The van der Waals surface area contributed by atoms with Crippen molar-refractivity contribution in [3.8, 4) is 11.3 Å². The van der Waals surface area contributed by atoms with Crippen LogP contribution in [0.2, 0.25) is 0 Å². The van der Waals surface area contributed by atoms with Crippen LogP contribution in [-0.4, -0.2) is 39.7 Å². The van der Waals surface area contributed by atoms with Crippen LogP contribution in [0.4, 0.5) is 0 Å². The Morgan fingerprint density at radius 1 is 1.12 bits per heavy atom. The molecule has 24 heavy (non-hydrogen) atoms. The molecule has 0 N–H and O–H groups in total. The second kappa shape index (κ2) is 6.66. The van der Waals surface area contributed by atoms with E-state index in [0.29, 0.717) is 12.2 Å². The zero-order chi connectivity index (χ0) is 17.1. The van der Waals surface area contributed by atoms with Crippen molar-refractivity contribution in [3.63, 3.8) is 0 Å². The Balaban J connectivity index is 1.98. The molecule has 0 bridgehead atoms. The van der Waals surface area contributed by atoms with Crippen molar-refractivity contribution >= 4 is 5.91 Å². The van der Waals surface area contributed by atoms with E-state index in [1.807, 2.05) is 48.0 Å². The molecule has 5 heteroatoms. The lowest BCUT2D eigenvalue weighted by Crippen LogP contribution is -2.22. The second-order valence-electron chi connectivity index (χ2n) is 5.94. The first-order chi connectivity index (χ1) is 11.5. The zero-order valence-electron chi connectivity index (χ0n) is 14.1. The molecule has 0 unspecified atom stereocenters. The van der Waals surface area contributed by atoms with Gasteiger partial charge in [0.15, 0.2) is 0 Å². The second-order valence-corrected chi connectivity index (χ2v) is 5.94. The summed E-state index contributed by atoms with van der Waals surface area (Å²) in [5.74, 6) is -0.109. The third-order valence-electron chi connectivity index (χ3n) is 3.76. The predicted molar refractivity (Wildman–Crippen MR) is 93.8 cm³/mol. The van der Waals surface area contributed by atoms with Crippen LogP contribution in [0.1, 0.15) is 21.7 Å². The summed E-state index contributed by atoms with van der Waals surface area (Å²) >= 11 is 0. The normalized spacial score (nSPS) is 10.6. The quantitative estimate of drug-likeness (QED) is 0.742. The molecule has 0 saturated carbocycles. The number of amides is 1. The van der Waals surface area contributed by atoms with Gasteiger partial charge >= 0.3 is 0 Å². The molecule has 3 rings (SSSR count). The molecule has 0 atom stereocenters. The molecular formula is C19H20N4O. The summed E-state index contributed by atoms with van der Waals surface area (Å²) in [6, 6.07) is 16.0. The SMILES string of the molecule is Cc1cc(-c2ccnc(C(=O)N(C)C)c2)n(Cc2ccccc2)n1. The van der Waals surface area contributed by atoms with Crippen molar-refractivity contribution in [2.45, 2.75) is 13.5 Å². The summed E-state index contributed by atoms with van der Waals surface area (Å²) in [5.41, 5.74) is 4.47. The Bertz CT molecular complexity index is 853. The summed E-state index contributed by atoms with van der Waals surface area (Å²) < 4.78 is 1.96. The number of benzene rings is 1. The van der Waals surface area contributed by atoms with Gasteiger partial charge in [-0.15, -0.1) is 0 Å². The van der Waals surface area contributed by atoms with E-state index in [1.165, 1.54) is 10.5 Å².